The fourth-order valence-electron chi connectivity index (χ4n) is 2.49. The Morgan fingerprint density at radius 1 is 1.08 bits per heavy atom. The van der Waals surface area contributed by atoms with Gasteiger partial charge in [-0.05, 0) is 69.5 Å². The highest BCUT2D eigenvalue weighted by molar-refractivity contribution is 7.99. The third-order valence-corrected chi connectivity index (χ3v) is 5.14. The van der Waals surface area contributed by atoms with Crippen LogP contribution in [0.2, 0.25) is 0 Å². The van der Waals surface area contributed by atoms with Crippen LogP contribution in [0.1, 0.15) is 29.2 Å². The van der Waals surface area contributed by atoms with Crippen LogP contribution in [0.25, 0.3) is 0 Å². The predicted molar refractivity (Wildman–Crippen MR) is 106 cm³/mol. The molecule has 3 nitrogen and oxygen atoms in total. The molecule has 0 aliphatic carbocycles. The van der Waals surface area contributed by atoms with Gasteiger partial charge in [0.1, 0.15) is 5.75 Å². The third kappa shape index (κ3) is 5.82. The highest BCUT2D eigenvalue weighted by Gasteiger charge is 2.16. The first kappa shape index (κ1) is 19.4. The number of hydrogen-bond acceptors (Lipinski definition) is 3. The number of carbonyl (C=O) groups excluding carboxylic acids is 1. The molecule has 0 aliphatic rings. The van der Waals surface area contributed by atoms with Gasteiger partial charge in [0.2, 0.25) is 0 Å². The van der Waals surface area contributed by atoms with E-state index in [1.165, 1.54) is 16.0 Å². The smallest absolute Gasteiger partial charge is 0.260 e. The summed E-state index contributed by atoms with van der Waals surface area (Å²) >= 11 is 1.74. The van der Waals surface area contributed by atoms with E-state index in [1.807, 2.05) is 19.9 Å². The van der Waals surface area contributed by atoms with Gasteiger partial charge in [-0.25, -0.2) is 0 Å². The molecule has 134 valence electrons. The lowest BCUT2D eigenvalue weighted by Gasteiger charge is -2.18. The maximum Gasteiger partial charge on any atom is 0.260 e. The van der Waals surface area contributed by atoms with Gasteiger partial charge in [0.15, 0.2) is 6.10 Å². The quantitative estimate of drug-likeness (QED) is 0.581. The van der Waals surface area contributed by atoms with Crippen molar-refractivity contribution >= 4 is 17.7 Å². The molecule has 4 heteroatoms. The van der Waals surface area contributed by atoms with Gasteiger partial charge in [0.25, 0.3) is 5.91 Å². The summed E-state index contributed by atoms with van der Waals surface area (Å²) in [4.78, 5) is 13.5. The van der Waals surface area contributed by atoms with E-state index in [1.54, 1.807) is 18.7 Å². The molecule has 0 bridgehead atoms. The lowest BCUT2D eigenvalue weighted by molar-refractivity contribution is -0.127. The molecule has 0 saturated heterocycles. The van der Waals surface area contributed by atoms with Crippen LogP contribution in [0.3, 0.4) is 0 Å². The first-order chi connectivity index (χ1) is 11.9. The average Bonchev–Trinajstić information content (AvgIpc) is 2.57. The lowest BCUT2D eigenvalue weighted by atomic mass is 10.1. The van der Waals surface area contributed by atoms with E-state index in [2.05, 4.69) is 49.5 Å². The summed E-state index contributed by atoms with van der Waals surface area (Å²) < 4.78 is 5.88. The summed E-state index contributed by atoms with van der Waals surface area (Å²) in [5.41, 5.74) is 4.66. The van der Waals surface area contributed by atoms with Crippen molar-refractivity contribution in [3.63, 3.8) is 0 Å². The van der Waals surface area contributed by atoms with Gasteiger partial charge in [0.05, 0.1) is 0 Å². The summed E-state index contributed by atoms with van der Waals surface area (Å²) in [6, 6.07) is 12.5. The molecule has 2 aromatic rings. The van der Waals surface area contributed by atoms with Crippen LogP contribution in [0.15, 0.2) is 41.3 Å². The van der Waals surface area contributed by atoms with E-state index in [-0.39, 0.29) is 5.91 Å². The summed E-state index contributed by atoms with van der Waals surface area (Å²) in [5.74, 6) is 1.54. The number of benzene rings is 2. The minimum absolute atomic E-state index is 0.0805. The molecule has 0 saturated carbocycles. The highest BCUT2D eigenvalue weighted by Crippen LogP contribution is 2.24. The zero-order valence-electron chi connectivity index (χ0n) is 15.7. The van der Waals surface area contributed by atoms with Crippen molar-refractivity contribution in [1.29, 1.82) is 0 Å². The van der Waals surface area contributed by atoms with Crippen LogP contribution in [0.5, 0.6) is 5.75 Å². The van der Waals surface area contributed by atoms with Crippen molar-refractivity contribution < 1.29 is 9.53 Å². The van der Waals surface area contributed by atoms with Gasteiger partial charge in [-0.15, -0.1) is 11.8 Å². The minimum Gasteiger partial charge on any atom is -0.481 e. The van der Waals surface area contributed by atoms with Crippen LogP contribution in [-0.2, 0) is 4.79 Å². The van der Waals surface area contributed by atoms with Crippen LogP contribution in [0.4, 0.5) is 0 Å². The molecule has 1 amide bonds. The van der Waals surface area contributed by atoms with Crippen LogP contribution in [-0.4, -0.2) is 24.3 Å². The van der Waals surface area contributed by atoms with Gasteiger partial charge >= 0.3 is 0 Å². The Morgan fingerprint density at radius 3 is 2.44 bits per heavy atom. The number of aryl methyl sites for hydroxylation is 3. The molecular formula is C21H27NO2S. The molecule has 1 atom stereocenters. The molecule has 0 fully saturated rings. The van der Waals surface area contributed by atoms with Gasteiger partial charge in [-0.1, -0.05) is 23.8 Å². The highest BCUT2D eigenvalue weighted by atomic mass is 32.2. The van der Waals surface area contributed by atoms with Gasteiger partial charge < -0.3 is 10.1 Å². The van der Waals surface area contributed by atoms with Gasteiger partial charge in [-0.3, -0.25) is 4.79 Å². The molecule has 0 radical (unpaired) electrons. The summed E-state index contributed by atoms with van der Waals surface area (Å²) in [7, 11) is 0. The average molecular weight is 358 g/mol. The molecule has 0 spiro atoms. The molecule has 2 aromatic carbocycles. The Kier molecular flexibility index (Phi) is 6.94. The maximum atomic E-state index is 12.2. The van der Waals surface area contributed by atoms with Gasteiger partial charge in [0, 0.05) is 17.2 Å². The maximum absolute atomic E-state index is 12.2. The van der Waals surface area contributed by atoms with Crippen molar-refractivity contribution in [3.8, 4) is 5.75 Å². The number of thioether (sulfide) groups is 1. The lowest BCUT2D eigenvalue weighted by Crippen LogP contribution is -2.37. The van der Waals surface area contributed by atoms with Gasteiger partial charge in [-0.2, -0.15) is 0 Å². The topological polar surface area (TPSA) is 38.3 Å². The third-order valence-electron chi connectivity index (χ3n) is 4.13. The van der Waals surface area contributed by atoms with E-state index in [9.17, 15) is 4.79 Å². The normalized spacial score (nSPS) is 11.9. The van der Waals surface area contributed by atoms with E-state index in [4.69, 9.17) is 4.74 Å². The first-order valence-corrected chi connectivity index (χ1v) is 9.57. The molecule has 0 unspecified atom stereocenters. The van der Waals surface area contributed by atoms with Crippen molar-refractivity contribution in [3.05, 3.63) is 58.7 Å². The zero-order valence-corrected chi connectivity index (χ0v) is 16.5. The Bertz CT molecular complexity index is 725. The van der Waals surface area contributed by atoms with Crippen LogP contribution < -0.4 is 10.1 Å². The summed E-state index contributed by atoms with van der Waals surface area (Å²) in [5, 5.41) is 2.95. The monoisotopic (exact) mass is 357 g/mol. The number of nitrogens with one attached hydrogen (secondary N) is 1. The van der Waals surface area contributed by atoms with E-state index < -0.39 is 6.10 Å². The van der Waals surface area contributed by atoms with Crippen molar-refractivity contribution in [1.82, 2.24) is 5.32 Å². The molecule has 0 aliphatic heterocycles. The van der Waals surface area contributed by atoms with Crippen molar-refractivity contribution in [2.45, 2.75) is 45.6 Å². The molecule has 2 rings (SSSR count). The molecule has 0 aromatic heterocycles. The van der Waals surface area contributed by atoms with Crippen LogP contribution >= 0.6 is 11.8 Å². The second-order valence-corrected chi connectivity index (χ2v) is 7.59. The second kappa shape index (κ2) is 8.95. The van der Waals surface area contributed by atoms with Crippen molar-refractivity contribution in [2.24, 2.45) is 0 Å². The standard InChI is InChI=1S/C21H27NO2S/c1-14-6-8-19(9-7-14)25-11-10-22-21(23)18(5)24-20-13-15(2)12-16(3)17(20)4/h6-9,12-13,18H,10-11H2,1-5H3,(H,22,23)/t18-/m1/s1. The predicted octanol–water partition coefficient (Wildman–Crippen LogP) is 4.60. The second-order valence-electron chi connectivity index (χ2n) is 6.42. The Hall–Kier alpha value is -1.94. The number of hydrogen-bond donors (Lipinski definition) is 1. The largest absolute Gasteiger partial charge is 0.481 e. The first-order valence-electron chi connectivity index (χ1n) is 8.58. The molecular weight excluding hydrogens is 330 g/mol. The van der Waals surface area contributed by atoms with E-state index in [0.29, 0.717) is 6.54 Å². The van der Waals surface area contributed by atoms with E-state index in [0.717, 1.165) is 22.6 Å². The number of carbonyl (C=O) groups is 1. The number of rotatable bonds is 7. The molecule has 25 heavy (non-hydrogen) atoms. The Balaban J connectivity index is 1.79. The summed E-state index contributed by atoms with van der Waals surface area (Å²) in [6.07, 6.45) is -0.510. The Morgan fingerprint density at radius 2 is 1.76 bits per heavy atom. The minimum atomic E-state index is -0.510. The van der Waals surface area contributed by atoms with Crippen molar-refractivity contribution in [2.75, 3.05) is 12.3 Å². The zero-order chi connectivity index (χ0) is 18.4. The number of ether oxygens (including phenoxy) is 1. The number of amides is 1. The fourth-order valence-corrected chi connectivity index (χ4v) is 3.26. The fraction of sp³-hybridized carbons (Fsp3) is 0.381. The molecule has 1 N–H and O–H groups in total. The van der Waals surface area contributed by atoms with Crippen LogP contribution in [0, 0.1) is 27.7 Å². The van der Waals surface area contributed by atoms with E-state index >= 15 is 0 Å². The Labute approximate surface area is 155 Å². The molecule has 0 heterocycles. The summed E-state index contributed by atoms with van der Waals surface area (Å²) in [6.45, 7) is 10.6. The SMILES string of the molecule is Cc1ccc(SCCNC(=O)[C@@H](C)Oc2cc(C)cc(C)c2C)cc1.